The molecule has 0 heterocycles. The van der Waals surface area contributed by atoms with Gasteiger partial charge < -0.3 is 5.11 Å². The fourth-order valence-electron chi connectivity index (χ4n) is 1.28. The van der Waals surface area contributed by atoms with Crippen molar-refractivity contribution in [2.45, 2.75) is 47.9 Å². The van der Waals surface area contributed by atoms with Crippen molar-refractivity contribution < 1.29 is 97.3 Å². The molecule has 2 N–H and O–H groups in total. The SMILES string of the molecule is FC(F)(F)C(F)(F)C(F)(F)C(F)(F)C(F)(F)C(F)(F)C(F)(F)C(F)(F)F.O=C(O)CN[SH](=O)=O. The highest BCUT2D eigenvalue weighted by molar-refractivity contribution is 7.70. The maximum Gasteiger partial charge on any atom is 0.460 e. The molecule has 0 bridgehead atoms. The average molecular weight is 577 g/mol. The molecular weight excluding hydrogens is 572 g/mol. The molecule has 0 atom stereocenters. The molecule has 0 amide bonds. The molecule has 0 fully saturated rings. The zero-order chi connectivity index (χ0) is 28.6. The number of alkyl halides is 18. The van der Waals surface area contributed by atoms with Gasteiger partial charge in [0.25, 0.3) is 0 Å². The molecule has 0 rings (SSSR count). The van der Waals surface area contributed by atoms with Crippen LogP contribution in [0.4, 0.5) is 79.0 Å². The zero-order valence-corrected chi connectivity index (χ0v) is 15.5. The Morgan fingerprint density at radius 2 is 0.735 bits per heavy atom. The van der Waals surface area contributed by atoms with Gasteiger partial charge in [0.05, 0.1) is 0 Å². The second-order valence-electron chi connectivity index (χ2n) is 5.43. The lowest BCUT2D eigenvalue weighted by Gasteiger charge is -2.41. The van der Waals surface area contributed by atoms with E-state index in [0.29, 0.717) is 0 Å². The van der Waals surface area contributed by atoms with Crippen molar-refractivity contribution in [1.82, 2.24) is 4.72 Å². The number of carboxylic acid groups (broad SMARTS) is 1. The number of hydrogen-bond donors (Lipinski definition) is 3. The van der Waals surface area contributed by atoms with Crippen LogP contribution in [-0.4, -0.2) is 73.9 Å². The Morgan fingerprint density at radius 3 is 0.853 bits per heavy atom. The first-order chi connectivity index (χ1) is 14.4. The molecular formula is C10H5F18NO4S. The van der Waals surface area contributed by atoms with E-state index < -0.39 is 71.3 Å². The summed E-state index contributed by atoms with van der Waals surface area (Å²) in [4.78, 5) is 9.57. The summed E-state index contributed by atoms with van der Waals surface area (Å²) < 4.78 is 241. The van der Waals surface area contributed by atoms with E-state index in [2.05, 4.69) is 0 Å². The largest absolute Gasteiger partial charge is 0.480 e. The molecule has 0 aliphatic carbocycles. The van der Waals surface area contributed by atoms with Gasteiger partial charge in [0, 0.05) is 0 Å². The number of carbonyl (C=O) groups is 1. The van der Waals surface area contributed by atoms with Gasteiger partial charge in [-0.1, -0.05) is 0 Å². The van der Waals surface area contributed by atoms with Crippen LogP contribution in [0.5, 0.6) is 0 Å². The first-order valence-corrected chi connectivity index (χ1v) is 8.05. The van der Waals surface area contributed by atoms with E-state index in [1.807, 2.05) is 0 Å². The Kier molecular flexibility index (Phi) is 9.72. The molecule has 0 aromatic rings. The standard InChI is InChI=1S/C8F18.C2H5NO4S/c9-1(10,3(13,14)5(17,18)7(21,22)23)2(11,12)4(15,16)6(19,20)8(24,25)26;4-2(5)1-3-8(6)7/h;8H,1H2,(H,4,5)(H,3,6,7). The molecule has 0 aliphatic rings. The summed E-state index contributed by atoms with van der Waals surface area (Å²) in [5.74, 6) is -52.2. The molecule has 24 heteroatoms. The van der Waals surface area contributed by atoms with Crippen LogP contribution in [0.3, 0.4) is 0 Å². The fraction of sp³-hybridized carbons (Fsp3) is 0.900. The number of carboxylic acids is 1. The summed E-state index contributed by atoms with van der Waals surface area (Å²) in [5, 5.41) is 7.83. The molecule has 5 nitrogen and oxygen atoms in total. The Morgan fingerprint density at radius 1 is 0.529 bits per heavy atom. The molecule has 0 spiro atoms. The van der Waals surface area contributed by atoms with Crippen LogP contribution in [0.15, 0.2) is 0 Å². The first kappa shape index (κ1) is 34.3. The normalized spacial score (nSPS) is 15.1. The van der Waals surface area contributed by atoms with Gasteiger partial charge >= 0.3 is 53.9 Å². The second-order valence-corrected chi connectivity index (χ2v) is 6.26. The van der Waals surface area contributed by atoms with Crippen molar-refractivity contribution in [1.29, 1.82) is 0 Å². The lowest BCUT2D eigenvalue weighted by Crippen LogP contribution is -2.74. The summed E-state index contributed by atoms with van der Waals surface area (Å²) in [6.45, 7) is -0.543. The van der Waals surface area contributed by atoms with E-state index in [-0.39, 0.29) is 0 Å². The van der Waals surface area contributed by atoms with Gasteiger partial charge in [0.2, 0.25) is 10.9 Å². The smallest absolute Gasteiger partial charge is 0.460 e. The summed E-state index contributed by atoms with van der Waals surface area (Å²) in [7, 11) is -2.76. The molecule has 0 aliphatic heterocycles. The quantitative estimate of drug-likeness (QED) is 0.300. The van der Waals surface area contributed by atoms with Gasteiger partial charge in [-0.2, -0.15) is 79.0 Å². The van der Waals surface area contributed by atoms with Gasteiger partial charge in [-0.15, -0.1) is 0 Å². The summed E-state index contributed by atoms with van der Waals surface area (Å²) in [6, 6.07) is 0. The predicted octanol–water partition coefficient (Wildman–Crippen LogP) is 4.11. The van der Waals surface area contributed by atoms with Gasteiger partial charge in [0.15, 0.2) is 0 Å². The molecule has 0 aromatic carbocycles. The minimum atomic E-state index is -8.72. The van der Waals surface area contributed by atoms with E-state index in [0.717, 1.165) is 0 Å². The Bertz CT molecular complexity index is 742. The second kappa shape index (κ2) is 9.64. The lowest BCUT2D eigenvalue weighted by atomic mass is 9.91. The maximum atomic E-state index is 12.8. The van der Waals surface area contributed by atoms with Crippen LogP contribution in [-0.2, 0) is 15.7 Å². The van der Waals surface area contributed by atoms with Crippen molar-refractivity contribution >= 4 is 16.9 Å². The third kappa shape index (κ3) is 5.84. The van der Waals surface area contributed by atoms with Gasteiger partial charge in [-0.05, 0) is 0 Å². The molecule has 0 radical (unpaired) electrons. The number of nitrogens with one attached hydrogen (secondary N) is 1. The Hall–Kier alpha value is -1.88. The summed E-state index contributed by atoms with van der Waals surface area (Å²) >= 11 is 0. The van der Waals surface area contributed by atoms with Crippen molar-refractivity contribution in [2.24, 2.45) is 0 Å². The lowest BCUT2D eigenvalue weighted by molar-refractivity contribution is -0.468. The molecule has 206 valence electrons. The molecule has 0 saturated carbocycles. The first-order valence-electron chi connectivity index (χ1n) is 6.88. The molecule has 0 aromatic heterocycles. The maximum absolute atomic E-state index is 12.8. The predicted molar refractivity (Wildman–Crippen MR) is 67.7 cm³/mol. The van der Waals surface area contributed by atoms with E-state index in [1.165, 1.54) is 0 Å². The monoisotopic (exact) mass is 577 g/mol. The van der Waals surface area contributed by atoms with Crippen molar-refractivity contribution in [3.05, 3.63) is 0 Å². The fourth-order valence-corrected chi connectivity index (χ4v) is 1.54. The molecule has 34 heavy (non-hydrogen) atoms. The highest BCUT2D eigenvalue weighted by Crippen LogP contribution is 2.63. The van der Waals surface area contributed by atoms with Crippen molar-refractivity contribution in [3.8, 4) is 0 Å². The van der Waals surface area contributed by atoms with Crippen LogP contribution in [0.25, 0.3) is 0 Å². The topological polar surface area (TPSA) is 83.5 Å². The van der Waals surface area contributed by atoms with Gasteiger partial charge in [-0.3, -0.25) is 4.79 Å². The average Bonchev–Trinajstić information content (AvgIpc) is 2.57. The summed E-state index contributed by atoms with van der Waals surface area (Å²) in [5.41, 5.74) is 0. The summed E-state index contributed by atoms with van der Waals surface area (Å²) in [6.07, 6.45) is -15.6. The van der Waals surface area contributed by atoms with Crippen LogP contribution in [0.2, 0.25) is 0 Å². The highest BCUT2D eigenvalue weighted by atomic mass is 32.2. The number of thiol groups is 1. The number of halogens is 18. The van der Waals surface area contributed by atoms with Crippen LogP contribution < -0.4 is 4.72 Å². The minimum Gasteiger partial charge on any atom is -0.480 e. The van der Waals surface area contributed by atoms with Crippen molar-refractivity contribution in [2.75, 3.05) is 6.54 Å². The van der Waals surface area contributed by atoms with E-state index >= 15 is 0 Å². The minimum absolute atomic E-state index is 0.543. The van der Waals surface area contributed by atoms with Crippen LogP contribution in [0.1, 0.15) is 0 Å². The van der Waals surface area contributed by atoms with Crippen LogP contribution >= 0.6 is 0 Å². The molecule has 0 unspecified atom stereocenters. The van der Waals surface area contributed by atoms with E-state index in [4.69, 9.17) is 5.11 Å². The Labute approximate surface area is 174 Å². The Balaban J connectivity index is 0. The van der Waals surface area contributed by atoms with E-state index in [1.54, 1.807) is 4.72 Å². The number of rotatable bonds is 8. The number of hydrogen-bond acceptors (Lipinski definition) is 3. The third-order valence-corrected chi connectivity index (χ3v) is 3.46. The molecule has 0 saturated heterocycles. The van der Waals surface area contributed by atoms with Crippen LogP contribution in [0, 0.1) is 0 Å². The third-order valence-electron chi connectivity index (χ3n) is 3.04. The van der Waals surface area contributed by atoms with Crippen molar-refractivity contribution in [3.63, 3.8) is 0 Å². The zero-order valence-electron chi connectivity index (χ0n) is 14.6. The van der Waals surface area contributed by atoms with E-state index in [9.17, 15) is 92.2 Å². The highest BCUT2D eigenvalue weighted by Gasteiger charge is 2.95. The van der Waals surface area contributed by atoms with Gasteiger partial charge in [0.1, 0.15) is 6.54 Å². The van der Waals surface area contributed by atoms with Gasteiger partial charge in [-0.25, -0.2) is 13.1 Å². The number of aliphatic carboxylic acids is 1.